The Balaban J connectivity index is 1.93. The summed E-state index contributed by atoms with van der Waals surface area (Å²) in [4.78, 5) is 19.0. The van der Waals surface area contributed by atoms with Crippen molar-refractivity contribution in [3.63, 3.8) is 0 Å². The third kappa shape index (κ3) is 12.9. The second kappa shape index (κ2) is 16.2. The molecule has 3 rings (SSSR count). The number of hydrogen-bond donors (Lipinski definition) is 0. The number of nitrogens with zero attached hydrogens (tertiary/aromatic N) is 2. The second-order valence-electron chi connectivity index (χ2n) is 16.8. The van der Waals surface area contributed by atoms with Gasteiger partial charge in [0, 0.05) is 42.5 Å². The van der Waals surface area contributed by atoms with E-state index in [1.807, 2.05) is 0 Å². The van der Waals surface area contributed by atoms with Gasteiger partial charge in [0.25, 0.3) is 0 Å². The molecule has 0 bridgehead atoms. The first kappa shape index (κ1) is 36.0. The van der Waals surface area contributed by atoms with Crippen molar-refractivity contribution in [3.8, 4) is 0 Å². The lowest BCUT2D eigenvalue weighted by atomic mass is 9.89. The Morgan fingerprint density at radius 1 is 0.667 bits per heavy atom. The van der Waals surface area contributed by atoms with Crippen LogP contribution in [-0.2, 0) is 18.9 Å². The molecule has 9 heteroatoms. The highest BCUT2D eigenvalue weighted by Gasteiger charge is 2.50. The van der Waals surface area contributed by atoms with E-state index in [4.69, 9.17) is 18.9 Å². The number of carbonyl (C=O) groups is 1. The minimum Gasteiger partial charge on any atom is -0.356 e. The summed E-state index contributed by atoms with van der Waals surface area (Å²) in [5.41, 5.74) is 0. The lowest BCUT2D eigenvalue weighted by Crippen LogP contribution is -2.53. The Morgan fingerprint density at radius 2 is 1.02 bits per heavy atom. The molecule has 2 aliphatic carbocycles. The molecule has 2 saturated carbocycles. The number of rotatable bonds is 20. The van der Waals surface area contributed by atoms with E-state index in [1.165, 1.54) is 25.7 Å². The van der Waals surface area contributed by atoms with Crippen LogP contribution >= 0.6 is 0 Å². The normalized spacial score (nSPS) is 26.0. The molecule has 0 spiro atoms. The molecule has 7 nitrogen and oxygen atoms in total. The lowest BCUT2D eigenvalue weighted by Gasteiger charge is -2.39. The van der Waals surface area contributed by atoms with E-state index < -0.39 is 16.1 Å². The summed E-state index contributed by atoms with van der Waals surface area (Å²) < 4.78 is 25.8. The van der Waals surface area contributed by atoms with Gasteiger partial charge in [-0.05, 0) is 74.3 Å². The van der Waals surface area contributed by atoms with Crippen molar-refractivity contribution in [2.45, 2.75) is 142 Å². The van der Waals surface area contributed by atoms with E-state index in [0.717, 1.165) is 51.2 Å². The number of hydrogen-bond acceptors (Lipinski definition) is 5. The molecule has 3 aliphatic rings. The van der Waals surface area contributed by atoms with Gasteiger partial charge >= 0.3 is 6.03 Å². The molecule has 42 heavy (non-hydrogen) atoms. The summed E-state index contributed by atoms with van der Waals surface area (Å²) in [5, 5.41) is 0. The second-order valence-corrected chi connectivity index (χ2v) is 28.0. The first-order valence-corrected chi connectivity index (χ1v) is 24.5. The van der Waals surface area contributed by atoms with Crippen LogP contribution in [0.4, 0.5) is 4.79 Å². The molecule has 0 radical (unpaired) electrons. The summed E-state index contributed by atoms with van der Waals surface area (Å²) in [7, 11) is -2.40. The maximum Gasteiger partial charge on any atom is 0.320 e. The summed E-state index contributed by atoms with van der Waals surface area (Å²) in [6.07, 6.45) is 6.10. The van der Waals surface area contributed by atoms with Crippen LogP contribution in [0.5, 0.6) is 0 Å². The monoisotopic (exact) mass is 626 g/mol. The van der Waals surface area contributed by atoms with Gasteiger partial charge in [0.1, 0.15) is 25.8 Å². The lowest BCUT2D eigenvalue weighted by molar-refractivity contribution is -0.190. The average Bonchev–Trinajstić information content (AvgIpc) is 3.77. The smallest absolute Gasteiger partial charge is 0.320 e. The largest absolute Gasteiger partial charge is 0.356 e. The standard InChI is InChI=1S/C33H66N2O5Si2/c1-25(2)19-29-31(39-23-37-15-17-41(5,6)7)32(40-24-38-16-18-42(8,9)10)30(20-26(3)4)35(22-28-13-14-28)33(36)34(29)21-27-11-12-27/h25-32H,11-24H2,1-10H3/t29-,30-,31+,32+/m1/s1. The Hall–Kier alpha value is -0.456. The van der Waals surface area contributed by atoms with Crippen LogP contribution < -0.4 is 0 Å². The van der Waals surface area contributed by atoms with Crippen molar-refractivity contribution >= 4 is 22.2 Å². The van der Waals surface area contributed by atoms with Crippen molar-refractivity contribution in [2.75, 3.05) is 39.9 Å². The topological polar surface area (TPSA) is 60.5 Å². The molecular weight excluding hydrogens is 561 g/mol. The van der Waals surface area contributed by atoms with Gasteiger partial charge in [0.2, 0.25) is 0 Å². The summed E-state index contributed by atoms with van der Waals surface area (Å²) in [6.45, 7) is 26.8. The molecule has 0 aromatic carbocycles. The van der Waals surface area contributed by atoms with Gasteiger partial charge in [-0.15, -0.1) is 0 Å². The van der Waals surface area contributed by atoms with Gasteiger partial charge < -0.3 is 28.7 Å². The third-order valence-corrected chi connectivity index (χ3v) is 12.2. The maximum absolute atomic E-state index is 14.6. The van der Waals surface area contributed by atoms with Crippen molar-refractivity contribution in [1.29, 1.82) is 0 Å². The van der Waals surface area contributed by atoms with E-state index in [0.29, 0.717) is 23.7 Å². The minimum absolute atomic E-state index is 0.0514. The molecule has 1 saturated heterocycles. The molecule has 0 aromatic rings. The molecule has 1 aliphatic heterocycles. The molecule has 0 N–H and O–H groups in total. The predicted molar refractivity (Wildman–Crippen MR) is 178 cm³/mol. The molecular formula is C33H66N2O5Si2. The van der Waals surface area contributed by atoms with Crippen LogP contribution in [0.25, 0.3) is 0 Å². The van der Waals surface area contributed by atoms with Crippen LogP contribution in [0, 0.1) is 23.7 Å². The molecule has 2 amide bonds. The van der Waals surface area contributed by atoms with Crippen LogP contribution in [-0.4, -0.2) is 96.2 Å². The van der Waals surface area contributed by atoms with E-state index in [1.54, 1.807) is 0 Å². The van der Waals surface area contributed by atoms with Gasteiger partial charge in [-0.25, -0.2) is 4.79 Å². The quantitative estimate of drug-likeness (QED) is 0.0785. The van der Waals surface area contributed by atoms with Gasteiger partial charge in [0.05, 0.1) is 12.1 Å². The highest BCUT2D eigenvalue weighted by molar-refractivity contribution is 6.76. The fraction of sp³-hybridized carbons (Fsp3) is 0.970. The van der Waals surface area contributed by atoms with Gasteiger partial charge in [-0.1, -0.05) is 67.0 Å². The molecule has 246 valence electrons. The van der Waals surface area contributed by atoms with E-state index >= 15 is 0 Å². The first-order valence-electron chi connectivity index (χ1n) is 17.1. The Bertz CT molecular complexity index is 743. The van der Waals surface area contributed by atoms with Gasteiger partial charge in [0.15, 0.2) is 0 Å². The molecule has 4 atom stereocenters. The SMILES string of the molecule is CC(C)C[C@@H]1[C@H](OCOCC[Si](C)(C)C)[C@@H](OCOCC[Si](C)(C)C)[C@@H](CC(C)C)N(CC2CC2)C(=O)N1CC1CC1. The van der Waals surface area contributed by atoms with Crippen molar-refractivity contribution < 1.29 is 23.7 Å². The van der Waals surface area contributed by atoms with E-state index in [2.05, 4.69) is 76.8 Å². The fourth-order valence-corrected chi connectivity index (χ4v) is 7.37. The van der Waals surface area contributed by atoms with Crippen molar-refractivity contribution in [3.05, 3.63) is 0 Å². The Kier molecular flexibility index (Phi) is 13.9. The summed E-state index contributed by atoms with van der Waals surface area (Å²) in [5.74, 6) is 2.06. The summed E-state index contributed by atoms with van der Waals surface area (Å²) >= 11 is 0. The molecule has 1 heterocycles. The van der Waals surface area contributed by atoms with E-state index in [-0.39, 0.29) is 43.9 Å². The van der Waals surface area contributed by atoms with Gasteiger partial charge in [-0.3, -0.25) is 0 Å². The highest BCUT2D eigenvalue weighted by Crippen LogP contribution is 2.39. The molecule has 3 fully saturated rings. The number of ether oxygens (including phenoxy) is 4. The highest BCUT2D eigenvalue weighted by atomic mass is 28.3. The van der Waals surface area contributed by atoms with Crippen molar-refractivity contribution in [1.82, 2.24) is 9.80 Å². The zero-order valence-corrected chi connectivity index (χ0v) is 31.0. The zero-order valence-electron chi connectivity index (χ0n) is 29.0. The maximum atomic E-state index is 14.6. The number of urea groups is 1. The van der Waals surface area contributed by atoms with Crippen LogP contribution in [0.15, 0.2) is 0 Å². The average molecular weight is 627 g/mol. The number of amides is 2. The zero-order chi connectivity index (χ0) is 31.1. The minimum atomic E-state index is -1.20. The van der Waals surface area contributed by atoms with Crippen LogP contribution in [0.2, 0.25) is 51.4 Å². The van der Waals surface area contributed by atoms with Gasteiger partial charge in [-0.2, -0.15) is 0 Å². The first-order chi connectivity index (χ1) is 19.6. The predicted octanol–water partition coefficient (Wildman–Crippen LogP) is 7.77. The fourth-order valence-electron chi connectivity index (χ4n) is 5.85. The van der Waals surface area contributed by atoms with Crippen LogP contribution in [0.1, 0.15) is 66.2 Å². The van der Waals surface area contributed by atoms with E-state index in [9.17, 15) is 4.79 Å². The summed E-state index contributed by atoms with van der Waals surface area (Å²) in [6, 6.07) is 2.32. The Morgan fingerprint density at radius 3 is 1.31 bits per heavy atom. The molecule has 0 aromatic heterocycles. The Labute approximate surface area is 260 Å². The number of carbonyl (C=O) groups excluding carboxylic acids is 1. The molecule has 0 unspecified atom stereocenters. The van der Waals surface area contributed by atoms with Crippen molar-refractivity contribution in [2.24, 2.45) is 23.7 Å². The third-order valence-electron chi connectivity index (χ3n) is 8.78. The van der Waals surface area contributed by atoms with Crippen LogP contribution in [0.3, 0.4) is 0 Å².